The van der Waals surface area contributed by atoms with Crippen LogP contribution in [-0.4, -0.2) is 36.4 Å². The molecular formula is C34H58O5. The van der Waals surface area contributed by atoms with Crippen LogP contribution in [0, 0.1) is 40.4 Å². The molecule has 0 aliphatic heterocycles. The number of esters is 1. The van der Waals surface area contributed by atoms with Crippen LogP contribution >= 0.6 is 0 Å². The fourth-order valence-electron chi connectivity index (χ4n) is 8.95. The maximum atomic E-state index is 11.6. The first-order chi connectivity index (χ1) is 18.6. The van der Waals surface area contributed by atoms with Crippen LogP contribution in [0.4, 0.5) is 0 Å². The van der Waals surface area contributed by atoms with Crippen molar-refractivity contribution in [1.29, 1.82) is 0 Å². The van der Waals surface area contributed by atoms with E-state index in [1.807, 2.05) is 13.8 Å². The number of ether oxygens (including phenoxy) is 2. The lowest BCUT2D eigenvalue weighted by Crippen LogP contribution is -2.50. The molecule has 5 nitrogen and oxygen atoms in total. The van der Waals surface area contributed by atoms with E-state index >= 15 is 0 Å². The Kier molecular flexibility index (Phi) is 12.0. The number of carboxylic acid groups (broad SMARTS) is 1. The van der Waals surface area contributed by atoms with Gasteiger partial charge in [-0.2, -0.15) is 0 Å². The fourth-order valence-corrected chi connectivity index (χ4v) is 8.95. The van der Waals surface area contributed by atoms with Gasteiger partial charge in [-0.15, -0.1) is 0 Å². The van der Waals surface area contributed by atoms with Crippen LogP contribution in [0.1, 0.15) is 131 Å². The minimum atomic E-state index is -0.978. The van der Waals surface area contributed by atoms with Gasteiger partial charge in [0.15, 0.2) is 0 Å². The molecule has 0 bridgehead atoms. The van der Waals surface area contributed by atoms with Crippen LogP contribution < -0.4 is 0 Å². The van der Waals surface area contributed by atoms with Gasteiger partial charge in [0.05, 0.1) is 25.6 Å². The number of hydrogen-bond acceptors (Lipinski definition) is 4. The van der Waals surface area contributed by atoms with Crippen molar-refractivity contribution in [3.8, 4) is 0 Å². The second-order valence-corrected chi connectivity index (χ2v) is 13.6. The van der Waals surface area contributed by atoms with Gasteiger partial charge < -0.3 is 14.6 Å². The van der Waals surface area contributed by atoms with Gasteiger partial charge >= 0.3 is 11.9 Å². The van der Waals surface area contributed by atoms with E-state index in [1.54, 1.807) is 5.57 Å². The third kappa shape index (κ3) is 7.68. The Hall–Kier alpha value is -1.36. The lowest BCUT2D eigenvalue weighted by atomic mass is 9.47. The summed E-state index contributed by atoms with van der Waals surface area (Å²) in [4.78, 5) is 22.2. The Morgan fingerprint density at radius 2 is 1.77 bits per heavy atom. The maximum Gasteiger partial charge on any atom is 0.306 e. The van der Waals surface area contributed by atoms with Crippen molar-refractivity contribution in [1.82, 2.24) is 0 Å². The highest BCUT2D eigenvalue weighted by atomic mass is 16.6. The average Bonchev–Trinajstić information content (AvgIpc) is 3.25. The number of unbranched alkanes of at least 4 members (excludes halogenated alkanes) is 1. The number of allylic oxidation sites excluding steroid dienone is 1. The number of carboxylic acids is 1. The molecule has 224 valence electrons. The third-order valence-corrected chi connectivity index (χ3v) is 11.1. The molecule has 4 rings (SSSR count). The summed E-state index contributed by atoms with van der Waals surface area (Å²) in [5, 5.41) is 8.68. The summed E-state index contributed by atoms with van der Waals surface area (Å²) in [6.45, 7) is 14.5. The van der Waals surface area contributed by atoms with E-state index < -0.39 is 11.9 Å². The maximum absolute atomic E-state index is 11.6. The van der Waals surface area contributed by atoms with Crippen LogP contribution in [0.25, 0.3) is 0 Å². The van der Waals surface area contributed by atoms with Gasteiger partial charge in [-0.3, -0.25) is 9.59 Å². The van der Waals surface area contributed by atoms with Crippen molar-refractivity contribution < 1.29 is 24.2 Å². The zero-order valence-corrected chi connectivity index (χ0v) is 25.9. The highest BCUT2D eigenvalue weighted by molar-refractivity contribution is 5.76. The minimum Gasteiger partial charge on any atom is -0.481 e. The summed E-state index contributed by atoms with van der Waals surface area (Å²) in [7, 11) is 0. The smallest absolute Gasteiger partial charge is 0.306 e. The molecule has 0 heterocycles. The molecule has 3 fully saturated rings. The molecule has 0 amide bonds. The first kappa shape index (κ1) is 32.2. The number of aliphatic carboxylic acids is 1. The van der Waals surface area contributed by atoms with Crippen molar-refractivity contribution in [3.63, 3.8) is 0 Å². The lowest BCUT2D eigenvalue weighted by molar-refractivity contribution is -0.149. The van der Waals surface area contributed by atoms with Gasteiger partial charge in [-0.25, -0.2) is 0 Å². The second kappa shape index (κ2) is 14.5. The summed E-state index contributed by atoms with van der Waals surface area (Å²) < 4.78 is 11.3. The monoisotopic (exact) mass is 546 g/mol. The molecule has 3 saturated carbocycles. The zero-order chi connectivity index (χ0) is 28.6. The third-order valence-electron chi connectivity index (χ3n) is 11.1. The molecule has 5 heteroatoms. The predicted molar refractivity (Wildman–Crippen MR) is 157 cm³/mol. The fraction of sp³-hybridized carbons (Fsp3) is 0.882. The Balaban J connectivity index is 0.00000205. The zero-order valence-electron chi connectivity index (χ0n) is 25.9. The van der Waals surface area contributed by atoms with Gasteiger partial charge in [0.2, 0.25) is 0 Å². The molecule has 0 saturated heterocycles. The predicted octanol–water partition coefficient (Wildman–Crippen LogP) is 8.60. The van der Waals surface area contributed by atoms with E-state index in [-0.39, 0.29) is 25.6 Å². The largest absolute Gasteiger partial charge is 0.481 e. The van der Waals surface area contributed by atoms with E-state index in [4.69, 9.17) is 14.6 Å². The number of carbonyl (C=O) groups excluding carboxylic acids is 1. The molecular weight excluding hydrogens is 488 g/mol. The van der Waals surface area contributed by atoms with Crippen LogP contribution in [0.5, 0.6) is 0 Å². The molecule has 39 heavy (non-hydrogen) atoms. The van der Waals surface area contributed by atoms with E-state index in [2.05, 4.69) is 33.8 Å². The van der Waals surface area contributed by atoms with Gasteiger partial charge in [-0.05, 0) is 98.2 Å². The molecule has 0 radical (unpaired) electrons. The van der Waals surface area contributed by atoms with Crippen molar-refractivity contribution in [2.75, 3.05) is 13.2 Å². The summed E-state index contributed by atoms with van der Waals surface area (Å²) in [5.41, 5.74) is 2.50. The number of carbonyl (C=O) groups is 2. The second-order valence-electron chi connectivity index (χ2n) is 13.6. The highest BCUT2D eigenvalue weighted by Crippen LogP contribution is 2.66. The van der Waals surface area contributed by atoms with Gasteiger partial charge in [0.1, 0.15) is 6.61 Å². The summed E-state index contributed by atoms with van der Waals surface area (Å²) in [5.74, 6) is 2.91. The standard InChI is InChI=1S/C32H52O5.C2H6/c1-22(2)7-5-6-8-23-10-12-27-26-11-9-24-21-25(36-19-20-37-30(35)14-13-29(33)34)15-17-32(24,4)28(26)16-18-31(23,27)3;1-2/h9,22-23,25-28H,5-8,10-21H2,1-4H3,(H,33,34);1-2H3. The molecule has 1 N–H and O–H groups in total. The summed E-state index contributed by atoms with van der Waals surface area (Å²) >= 11 is 0. The van der Waals surface area contributed by atoms with E-state index in [0.29, 0.717) is 17.4 Å². The number of fused-ring (bicyclic) bond motifs is 5. The van der Waals surface area contributed by atoms with Crippen LogP contribution in [0.15, 0.2) is 11.6 Å². The molecule has 7 atom stereocenters. The molecule has 4 aliphatic rings. The Labute approximate surface area is 238 Å². The quantitative estimate of drug-likeness (QED) is 0.151. The van der Waals surface area contributed by atoms with Gasteiger partial charge in [-0.1, -0.05) is 72.5 Å². The lowest BCUT2D eigenvalue weighted by Gasteiger charge is -2.58. The van der Waals surface area contributed by atoms with Crippen LogP contribution in [0.2, 0.25) is 0 Å². The first-order valence-electron chi connectivity index (χ1n) is 16.3. The Bertz CT molecular complexity index is 833. The van der Waals surface area contributed by atoms with E-state index in [1.165, 1.54) is 64.2 Å². The molecule has 0 spiro atoms. The molecule has 0 aromatic rings. The molecule has 7 unspecified atom stereocenters. The van der Waals surface area contributed by atoms with Crippen molar-refractivity contribution in [2.24, 2.45) is 40.4 Å². The van der Waals surface area contributed by atoms with Crippen molar-refractivity contribution in [2.45, 2.75) is 138 Å². The summed E-state index contributed by atoms with van der Waals surface area (Å²) in [6, 6.07) is 0. The highest BCUT2D eigenvalue weighted by Gasteiger charge is 2.58. The molecule has 0 aromatic heterocycles. The van der Waals surface area contributed by atoms with Gasteiger partial charge in [0, 0.05) is 0 Å². The Morgan fingerprint density at radius 3 is 2.49 bits per heavy atom. The topological polar surface area (TPSA) is 72.8 Å². The first-order valence-corrected chi connectivity index (χ1v) is 16.3. The van der Waals surface area contributed by atoms with Crippen LogP contribution in [0.3, 0.4) is 0 Å². The van der Waals surface area contributed by atoms with E-state index in [0.717, 1.165) is 42.4 Å². The Morgan fingerprint density at radius 1 is 1.00 bits per heavy atom. The molecule has 4 aliphatic carbocycles. The molecule has 0 aromatic carbocycles. The number of rotatable bonds is 12. The van der Waals surface area contributed by atoms with Crippen molar-refractivity contribution in [3.05, 3.63) is 11.6 Å². The average molecular weight is 547 g/mol. The summed E-state index contributed by atoms with van der Waals surface area (Å²) in [6.07, 6.45) is 18.4. The SMILES string of the molecule is CC.CC(C)CCCCC1CCC2C3CC=C4CC(OCCOC(=O)CCC(=O)O)CCC4(C)C3CCC12C. The van der Waals surface area contributed by atoms with Crippen molar-refractivity contribution >= 4 is 11.9 Å². The van der Waals surface area contributed by atoms with E-state index in [9.17, 15) is 9.59 Å². The normalized spacial score (nSPS) is 35.2. The van der Waals surface area contributed by atoms with Crippen LogP contribution in [-0.2, 0) is 19.1 Å². The van der Waals surface area contributed by atoms with Gasteiger partial charge in [0.25, 0.3) is 0 Å². The number of hydrogen-bond donors (Lipinski definition) is 1. The minimum absolute atomic E-state index is 0.0779.